The highest BCUT2D eigenvalue weighted by atomic mass is 16.5. The second kappa shape index (κ2) is 3.02. The quantitative estimate of drug-likeness (QED) is 0.695. The van der Waals surface area contributed by atoms with Crippen LogP contribution in [0.3, 0.4) is 0 Å². The van der Waals surface area contributed by atoms with Gasteiger partial charge in [0.05, 0.1) is 18.7 Å². The molecule has 0 aliphatic heterocycles. The van der Waals surface area contributed by atoms with E-state index in [9.17, 15) is 9.90 Å². The van der Waals surface area contributed by atoms with Crippen LogP contribution in [-0.4, -0.2) is 22.4 Å². The number of aromatic nitrogens is 2. The molecule has 1 heterocycles. The predicted octanol–water partition coefficient (Wildman–Crippen LogP) is 0.637. The van der Waals surface area contributed by atoms with E-state index in [4.69, 9.17) is 4.74 Å². The molecule has 5 nitrogen and oxygen atoms in total. The van der Waals surface area contributed by atoms with Gasteiger partial charge < -0.3 is 9.84 Å². The van der Waals surface area contributed by atoms with Gasteiger partial charge in [-0.05, 0) is 12.1 Å². The molecule has 0 saturated carbocycles. The van der Waals surface area contributed by atoms with Crippen LogP contribution in [0.1, 0.15) is 0 Å². The molecule has 1 aromatic heterocycles. The van der Waals surface area contributed by atoms with Gasteiger partial charge in [0.25, 0.3) is 5.56 Å². The molecule has 0 spiro atoms. The van der Waals surface area contributed by atoms with Crippen molar-refractivity contribution in [3.05, 3.63) is 28.7 Å². The van der Waals surface area contributed by atoms with E-state index >= 15 is 0 Å². The molecule has 14 heavy (non-hydrogen) atoms. The zero-order chi connectivity index (χ0) is 10.1. The number of rotatable bonds is 1. The minimum absolute atomic E-state index is 0.00704. The fraction of sp³-hybridized carbons (Fsp3) is 0.111. The molecule has 0 unspecified atom stereocenters. The number of aromatic hydroxyl groups is 1. The number of methoxy groups -OCH3 is 1. The molecule has 2 aromatic rings. The maximum Gasteiger partial charge on any atom is 0.272 e. The maximum absolute atomic E-state index is 11.3. The topological polar surface area (TPSA) is 75.2 Å². The SMILES string of the molecule is COc1cc2c(=O)[nH]ncc2cc1O. The standard InChI is InChI=1S/C9H8N2O3/c1-14-8-3-6-5(2-7(8)12)4-10-11-9(6)13/h2-4,12H,1H3,(H,11,13). The van der Waals surface area contributed by atoms with E-state index in [2.05, 4.69) is 10.2 Å². The van der Waals surface area contributed by atoms with E-state index in [0.717, 1.165) is 0 Å². The third kappa shape index (κ3) is 1.19. The Morgan fingerprint density at radius 2 is 2.29 bits per heavy atom. The van der Waals surface area contributed by atoms with Crippen LogP contribution >= 0.6 is 0 Å². The fourth-order valence-electron chi connectivity index (χ4n) is 1.27. The molecule has 2 rings (SSSR count). The molecule has 5 heteroatoms. The summed E-state index contributed by atoms with van der Waals surface area (Å²) in [6.07, 6.45) is 1.47. The number of H-pyrrole nitrogens is 1. The number of nitrogens with zero attached hydrogens (tertiary/aromatic N) is 1. The third-order valence-electron chi connectivity index (χ3n) is 1.97. The van der Waals surface area contributed by atoms with E-state index in [1.54, 1.807) is 0 Å². The number of hydrogen-bond donors (Lipinski definition) is 2. The number of aromatic amines is 1. The van der Waals surface area contributed by atoms with Crippen LogP contribution in [0.5, 0.6) is 11.5 Å². The van der Waals surface area contributed by atoms with Crippen LogP contribution in [0.4, 0.5) is 0 Å². The third-order valence-corrected chi connectivity index (χ3v) is 1.97. The Bertz CT molecular complexity index is 533. The highest BCUT2D eigenvalue weighted by Gasteiger charge is 2.06. The summed E-state index contributed by atoms with van der Waals surface area (Å²) in [5, 5.41) is 16.4. The Morgan fingerprint density at radius 1 is 1.50 bits per heavy atom. The zero-order valence-corrected chi connectivity index (χ0v) is 7.44. The number of ether oxygens (including phenoxy) is 1. The first-order chi connectivity index (χ1) is 6.72. The molecule has 0 aliphatic rings. The molecular formula is C9H8N2O3. The summed E-state index contributed by atoms with van der Waals surface area (Å²) < 4.78 is 4.88. The highest BCUT2D eigenvalue weighted by molar-refractivity contribution is 5.84. The van der Waals surface area contributed by atoms with Crippen LogP contribution < -0.4 is 10.3 Å². The molecular weight excluding hydrogens is 184 g/mol. The Hall–Kier alpha value is -2.04. The van der Waals surface area contributed by atoms with Crippen molar-refractivity contribution in [1.82, 2.24) is 10.2 Å². The molecule has 0 fully saturated rings. The van der Waals surface area contributed by atoms with Gasteiger partial charge in [0, 0.05) is 5.39 Å². The van der Waals surface area contributed by atoms with Crippen molar-refractivity contribution < 1.29 is 9.84 Å². The van der Waals surface area contributed by atoms with Crippen molar-refractivity contribution in [2.45, 2.75) is 0 Å². The number of phenols is 1. The van der Waals surface area contributed by atoms with Crippen LogP contribution in [0, 0.1) is 0 Å². The number of nitrogens with one attached hydrogen (secondary N) is 1. The van der Waals surface area contributed by atoms with Gasteiger partial charge in [0.2, 0.25) is 0 Å². The lowest BCUT2D eigenvalue weighted by Gasteiger charge is -2.03. The Labute approximate surface area is 79.0 Å². The lowest BCUT2D eigenvalue weighted by atomic mass is 10.2. The smallest absolute Gasteiger partial charge is 0.272 e. The Kier molecular flexibility index (Phi) is 1.85. The van der Waals surface area contributed by atoms with Gasteiger partial charge in [-0.3, -0.25) is 4.79 Å². The first kappa shape index (κ1) is 8.55. The predicted molar refractivity (Wildman–Crippen MR) is 50.6 cm³/mol. The molecule has 0 saturated heterocycles. The summed E-state index contributed by atoms with van der Waals surface area (Å²) in [5.74, 6) is 0.265. The van der Waals surface area contributed by atoms with Crippen molar-refractivity contribution in [3.8, 4) is 11.5 Å². The van der Waals surface area contributed by atoms with Crippen molar-refractivity contribution >= 4 is 10.8 Å². The van der Waals surface area contributed by atoms with Gasteiger partial charge in [-0.2, -0.15) is 5.10 Å². The average Bonchev–Trinajstić information content (AvgIpc) is 2.17. The average molecular weight is 192 g/mol. The summed E-state index contributed by atoms with van der Waals surface area (Å²) >= 11 is 0. The summed E-state index contributed by atoms with van der Waals surface area (Å²) in [7, 11) is 1.43. The fourth-order valence-corrected chi connectivity index (χ4v) is 1.27. The van der Waals surface area contributed by atoms with Crippen molar-refractivity contribution in [2.24, 2.45) is 0 Å². The first-order valence-corrected chi connectivity index (χ1v) is 3.97. The van der Waals surface area contributed by atoms with Crippen molar-refractivity contribution in [1.29, 1.82) is 0 Å². The van der Waals surface area contributed by atoms with Gasteiger partial charge in [-0.15, -0.1) is 0 Å². The second-order valence-corrected chi connectivity index (χ2v) is 2.81. The number of fused-ring (bicyclic) bond motifs is 1. The molecule has 0 atom stereocenters. The molecule has 0 aliphatic carbocycles. The Morgan fingerprint density at radius 3 is 3.00 bits per heavy atom. The normalized spacial score (nSPS) is 10.4. The molecule has 1 aromatic carbocycles. The number of hydrogen-bond acceptors (Lipinski definition) is 4. The van der Waals surface area contributed by atoms with E-state index in [1.807, 2.05) is 0 Å². The van der Waals surface area contributed by atoms with Gasteiger partial charge in [-0.1, -0.05) is 0 Å². The molecule has 2 N–H and O–H groups in total. The maximum atomic E-state index is 11.3. The van der Waals surface area contributed by atoms with Gasteiger partial charge in [-0.25, -0.2) is 5.10 Å². The van der Waals surface area contributed by atoms with E-state index in [-0.39, 0.29) is 17.1 Å². The van der Waals surface area contributed by atoms with Crippen LogP contribution in [0.25, 0.3) is 10.8 Å². The van der Waals surface area contributed by atoms with Crippen LogP contribution in [-0.2, 0) is 0 Å². The monoisotopic (exact) mass is 192 g/mol. The van der Waals surface area contributed by atoms with Crippen molar-refractivity contribution in [2.75, 3.05) is 7.11 Å². The molecule has 0 bridgehead atoms. The molecule has 0 radical (unpaired) electrons. The minimum atomic E-state index is -0.305. The summed E-state index contributed by atoms with van der Waals surface area (Å²) in [4.78, 5) is 11.3. The number of benzene rings is 1. The van der Waals surface area contributed by atoms with Crippen LogP contribution in [0.15, 0.2) is 23.1 Å². The van der Waals surface area contributed by atoms with Gasteiger partial charge >= 0.3 is 0 Å². The largest absolute Gasteiger partial charge is 0.504 e. The summed E-state index contributed by atoms with van der Waals surface area (Å²) in [6, 6.07) is 2.92. The minimum Gasteiger partial charge on any atom is -0.504 e. The van der Waals surface area contributed by atoms with Crippen molar-refractivity contribution in [3.63, 3.8) is 0 Å². The van der Waals surface area contributed by atoms with Crippen LogP contribution in [0.2, 0.25) is 0 Å². The molecule has 0 amide bonds. The lowest BCUT2D eigenvalue weighted by molar-refractivity contribution is 0.374. The zero-order valence-electron chi connectivity index (χ0n) is 7.44. The van der Waals surface area contributed by atoms with Gasteiger partial charge in [0.1, 0.15) is 0 Å². The van der Waals surface area contributed by atoms with E-state index in [1.165, 1.54) is 25.4 Å². The lowest BCUT2D eigenvalue weighted by Crippen LogP contribution is -2.07. The Balaban J connectivity index is 2.87. The highest BCUT2D eigenvalue weighted by Crippen LogP contribution is 2.28. The summed E-state index contributed by atoms with van der Waals surface area (Å²) in [5.41, 5.74) is -0.305. The first-order valence-electron chi connectivity index (χ1n) is 3.97. The number of phenolic OH excluding ortho intramolecular Hbond substituents is 1. The summed E-state index contributed by atoms with van der Waals surface area (Å²) in [6.45, 7) is 0. The van der Waals surface area contributed by atoms with Gasteiger partial charge in [0.15, 0.2) is 11.5 Å². The van der Waals surface area contributed by atoms with E-state index in [0.29, 0.717) is 10.8 Å². The second-order valence-electron chi connectivity index (χ2n) is 2.81. The van der Waals surface area contributed by atoms with E-state index < -0.39 is 0 Å². The molecule has 72 valence electrons.